The number of methoxy groups -OCH3 is 2. The zero-order valence-corrected chi connectivity index (χ0v) is 11.1. The van der Waals surface area contributed by atoms with Gasteiger partial charge in [0.15, 0.2) is 6.73 Å². The fourth-order valence-electron chi connectivity index (χ4n) is 1.28. The molecule has 0 aromatic rings. The van der Waals surface area contributed by atoms with Crippen molar-refractivity contribution >= 4 is 5.97 Å². The van der Waals surface area contributed by atoms with Crippen LogP contribution in [0.5, 0.6) is 0 Å². The molecule has 0 amide bonds. The molecule has 0 fully saturated rings. The molecule has 0 spiro atoms. The van der Waals surface area contributed by atoms with Crippen molar-refractivity contribution in [1.82, 2.24) is 0 Å². The van der Waals surface area contributed by atoms with Crippen LogP contribution in [0.25, 0.3) is 0 Å². The van der Waals surface area contributed by atoms with Crippen LogP contribution in [0.2, 0.25) is 0 Å². The molecule has 0 rings (SSSR count). The first-order valence-electron chi connectivity index (χ1n) is 5.47. The Morgan fingerprint density at radius 1 is 1.25 bits per heavy atom. The second-order valence-corrected chi connectivity index (χ2v) is 3.88. The lowest BCUT2D eigenvalue weighted by Crippen LogP contribution is -2.45. The number of carbonyl (C=O) groups excluding carboxylic acids is 1. The Hall–Kier alpha value is -0.650. The molecular weight excluding hydrogens is 210 g/mol. The van der Waals surface area contributed by atoms with E-state index in [1.807, 2.05) is 0 Å². The summed E-state index contributed by atoms with van der Waals surface area (Å²) in [6.07, 6.45) is 1.23. The molecule has 0 aromatic carbocycles. The molecule has 1 atom stereocenters. The lowest BCUT2D eigenvalue weighted by Gasteiger charge is -2.31. The minimum absolute atomic E-state index is 0.319. The summed E-state index contributed by atoms with van der Waals surface area (Å²) in [4.78, 5) is 9.36. The van der Waals surface area contributed by atoms with Crippen LogP contribution in [0, 0.1) is 0 Å². The lowest BCUT2D eigenvalue weighted by atomic mass is 10.4. The van der Waals surface area contributed by atoms with E-state index in [1.165, 1.54) is 20.1 Å². The fraction of sp³-hybridized carbons (Fsp3) is 0.909. The van der Waals surface area contributed by atoms with Crippen LogP contribution >= 0.6 is 0 Å². The summed E-state index contributed by atoms with van der Waals surface area (Å²) in [6.45, 7) is 7.30. The average Bonchev–Trinajstić information content (AvgIpc) is 2.19. The first-order chi connectivity index (χ1) is 7.45. The number of aliphatic carboxylic acids is 1. The van der Waals surface area contributed by atoms with Crippen molar-refractivity contribution < 1.29 is 23.9 Å². The van der Waals surface area contributed by atoms with Gasteiger partial charge in [-0.25, -0.2) is 0 Å². The topological polar surface area (TPSA) is 58.6 Å². The molecule has 0 N–H and O–H groups in total. The SMILES string of the molecule is CCC[N+](C)(CC)COC.COCC(=O)[O-]. The summed E-state index contributed by atoms with van der Waals surface area (Å²) in [5.74, 6) is -1.18. The normalized spacial score (nSPS) is 13.6. The third kappa shape index (κ3) is 11.4. The van der Waals surface area contributed by atoms with Crippen LogP contribution in [0.4, 0.5) is 0 Å². The molecule has 16 heavy (non-hydrogen) atoms. The fourth-order valence-corrected chi connectivity index (χ4v) is 1.28. The number of hydrogen-bond donors (Lipinski definition) is 0. The zero-order valence-electron chi connectivity index (χ0n) is 11.1. The van der Waals surface area contributed by atoms with E-state index in [-0.39, 0.29) is 6.61 Å². The highest BCUT2D eigenvalue weighted by molar-refractivity contribution is 5.65. The number of carboxylic acids is 1. The van der Waals surface area contributed by atoms with Crippen LogP contribution in [0.3, 0.4) is 0 Å². The molecule has 1 unspecified atom stereocenters. The van der Waals surface area contributed by atoms with Gasteiger partial charge in [0.1, 0.15) is 0 Å². The molecular formula is C11H25NO4. The molecule has 0 aliphatic carbocycles. The standard InChI is InChI=1S/C8H20NO.C3H6O3/c1-5-7-9(3,6-2)8-10-4;1-6-2-3(4)5/h5-8H2,1-4H3;2H2,1H3,(H,4,5)/q+1;/p-1. The van der Waals surface area contributed by atoms with Crippen LogP contribution in [0.1, 0.15) is 20.3 Å². The van der Waals surface area contributed by atoms with Gasteiger partial charge >= 0.3 is 0 Å². The van der Waals surface area contributed by atoms with Gasteiger partial charge in [0, 0.05) is 14.2 Å². The Morgan fingerprint density at radius 3 is 2.00 bits per heavy atom. The zero-order chi connectivity index (χ0) is 13.0. The summed E-state index contributed by atoms with van der Waals surface area (Å²) in [6, 6.07) is 0. The molecule has 5 nitrogen and oxygen atoms in total. The highest BCUT2D eigenvalue weighted by Crippen LogP contribution is 2.02. The Kier molecular flexibility index (Phi) is 12.0. The molecule has 0 saturated heterocycles. The Bertz CT molecular complexity index is 167. The van der Waals surface area contributed by atoms with Gasteiger partial charge in [0.2, 0.25) is 0 Å². The summed E-state index contributed by atoms with van der Waals surface area (Å²) in [7, 11) is 5.30. The second kappa shape index (κ2) is 10.9. The van der Waals surface area contributed by atoms with Crippen molar-refractivity contribution in [2.75, 3.05) is 47.7 Å². The summed E-state index contributed by atoms with van der Waals surface area (Å²) in [5.41, 5.74) is 0. The minimum atomic E-state index is -1.18. The number of carbonyl (C=O) groups is 1. The summed E-state index contributed by atoms with van der Waals surface area (Å²) >= 11 is 0. The predicted molar refractivity (Wildman–Crippen MR) is 60.6 cm³/mol. The number of ether oxygens (including phenoxy) is 2. The van der Waals surface area contributed by atoms with Crippen LogP contribution in [-0.4, -0.2) is 58.1 Å². The predicted octanol–water partition coefficient (Wildman–Crippen LogP) is -0.150. The molecule has 5 heteroatoms. The van der Waals surface area contributed by atoms with Crippen molar-refractivity contribution in [2.24, 2.45) is 0 Å². The summed E-state index contributed by atoms with van der Waals surface area (Å²) < 4.78 is 10.3. The highest BCUT2D eigenvalue weighted by Gasteiger charge is 2.16. The van der Waals surface area contributed by atoms with E-state index in [0.717, 1.165) is 17.8 Å². The minimum Gasteiger partial charge on any atom is -0.548 e. The molecule has 0 aliphatic heterocycles. The third-order valence-corrected chi connectivity index (χ3v) is 2.23. The number of hydrogen-bond acceptors (Lipinski definition) is 4. The smallest absolute Gasteiger partial charge is 0.182 e. The van der Waals surface area contributed by atoms with Crippen LogP contribution in [-0.2, 0) is 14.3 Å². The Labute approximate surface area is 98.5 Å². The first kappa shape index (κ1) is 17.7. The van der Waals surface area contributed by atoms with E-state index in [9.17, 15) is 9.90 Å². The average molecular weight is 235 g/mol. The van der Waals surface area contributed by atoms with Crippen LogP contribution < -0.4 is 5.11 Å². The van der Waals surface area contributed by atoms with Crippen molar-refractivity contribution in [1.29, 1.82) is 0 Å². The van der Waals surface area contributed by atoms with Gasteiger partial charge in [-0.1, -0.05) is 6.92 Å². The Balaban J connectivity index is 0. The van der Waals surface area contributed by atoms with Gasteiger partial charge in [-0.05, 0) is 13.3 Å². The van der Waals surface area contributed by atoms with Gasteiger partial charge in [-0.15, -0.1) is 0 Å². The van der Waals surface area contributed by atoms with Gasteiger partial charge in [-0.2, -0.15) is 0 Å². The number of quaternary nitrogens is 1. The van der Waals surface area contributed by atoms with E-state index >= 15 is 0 Å². The molecule has 0 aliphatic rings. The van der Waals surface area contributed by atoms with E-state index in [0.29, 0.717) is 0 Å². The van der Waals surface area contributed by atoms with E-state index in [2.05, 4.69) is 25.6 Å². The van der Waals surface area contributed by atoms with Gasteiger partial charge < -0.3 is 23.9 Å². The van der Waals surface area contributed by atoms with Gasteiger partial charge in [-0.3, -0.25) is 0 Å². The Morgan fingerprint density at radius 2 is 1.81 bits per heavy atom. The molecule has 0 bridgehead atoms. The summed E-state index contributed by atoms with van der Waals surface area (Å²) in [5, 5.41) is 9.36. The van der Waals surface area contributed by atoms with Gasteiger partial charge in [0.25, 0.3) is 0 Å². The van der Waals surface area contributed by atoms with E-state index in [1.54, 1.807) is 7.11 Å². The third-order valence-electron chi connectivity index (χ3n) is 2.23. The highest BCUT2D eigenvalue weighted by atomic mass is 16.5. The van der Waals surface area contributed by atoms with Crippen molar-refractivity contribution in [3.8, 4) is 0 Å². The van der Waals surface area contributed by atoms with Crippen molar-refractivity contribution in [2.45, 2.75) is 20.3 Å². The molecule has 98 valence electrons. The quantitative estimate of drug-likeness (QED) is 0.455. The van der Waals surface area contributed by atoms with Crippen molar-refractivity contribution in [3.05, 3.63) is 0 Å². The molecule has 0 heterocycles. The van der Waals surface area contributed by atoms with Crippen LogP contribution in [0.15, 0.2) is 0 Å². The molecule has 0 radical (unpaired) electrons. The largest absolute Gasteiger partial charge is 0.548 e. The van der Waals surface area contributed by atoms with Crippen molar-refractivity contribution in [3.63, 3.8) is 0 Å². The maximum Gasteiger partial charge on any atom is 0.182 e. The molecule has 0 aromatic heterocycles. The lowest BCUT2D eigenvalue weighted by molar-refractivity contribution is -0.925. The first-order valence-corrected chi connectivity index (χ1v) is 5.47. The number of carboxylic acid groups (broad SMARTS) is 1. The molecule has 0 saturated carbocycles. The number of rotatable bonds is 7. The maximum absolute atomic E-state index is 9.36. The monoisotopic (exact) mass is 235 g/mol. The van der Waals surface area contributed by atoms with Gasteiger partial charge in [0.05, 0.1) is 32.7 Å². The number of nitrogens with zero attached hydrogens (tertiary/aromatic N) is 1. The van der Waals surface area contributed by atoms with E-state index < -0.39 is 5.97 Å². The van der Waals surface area contributed by atoms with E-state index in [4.69, 9.17) is 4.74 Å². The maximum atomic E-state index is 9.36. The second-order valence-electron chi connectivity index (χ2n) is 3.88.